The summed E-state index contributed by atoms with van der Waals surface area (Å²) >= 11 is 0. The van der Waals surface area contributed by atoms with Gasteiger partial charge in [0.05, 0.1) is 6.61 Å². The zero-order valence-corrected chi connectivity index (χ0v) is 9.58. The highest BCUT2D eigenvalue weighted by Gasteiger charge is 2.06. The van der Waals surface area contributed by atoms with Crippen molar-refractivity contribution < 1.29 is 14.6 Å². The second-order valence-corrected chi connectivity index (χ2v) is 3.40. The molecule has 90 valence electrons. The maximum absolute atomic E-state index is 10.9. The molecule has 0 aromatic heterocycles. The summed E-state index contributed by atoms with van der Waals surface area (Å²) in [6.07, 6.45) is 2.00. The molecule has 0 rings (SSSR count). The van der Waals surface area contributed by atoms with Gasteiger partial charge in [-0.25, -0.2) is 0 Å². The lowest BCUT2D eigenvalue weighted by Gasteiger charge is -2.16. The van der Waals surface area contributed by atoms with E-state index in [1.807, 2.05) is 0 Å². The molecule has 1 amide bonds. The molecule has 0 aromatic carbocycles. The number of carbonyl (C=O) groups excluding carboxylic acids is 1. The highest BCUT2D eigenvalue weighted by atomic mass is 16.5. The van der Waals surface area contributed by atoms with E-state index in [2.05, 4.69) is 10.6 Å². The van der Waals surface area contributed by atoms with E-state index in [4.69, 9.17) is 9.84 Å². The summed E-state index contributed by atoms with van der Waals surface area (Å²) in [4.78, 5) is 10.9. The number of ether oxygens (including phenoxy) is 1. The summed E-state index contributed by atoms with van der Waals surface area (Å²) in [5.41, 5.74) is 0. The van der Waals surface area contributed by atoms with Crippen LogP contribution in [0.3, 0.4) is 0 Å². The smallest absolute Gasteiger partial charge is 0.219 e. The molecule has 0 radical (unpaired) electrons. The number of rotatable bonds is 9. The first kappa shape index (κ1) is 14.3. The fraction of sp³-hybridized carbons (Fsp3) is 0.900. The summed E-state index contributed by atoms with van der Waals surface area (Å²) in [5, 5.41) is 14.6. The van der Waals surface area contributed by atoms with Gasteiger partial charge in [-0.1, -0.05) is 0 Å². The number of amides is 1. The molecule has 1 atom stereocenters. The molecule has 0 bridgehead atoms. The zero-order valence-electron chi connectivity index (χ0n) is 9.58. The van der Waals surface area contributed by atoms with Crippen molar-refractivity contribution in [1.29, 1.82) is 0 Å². The van der Waals surface area contributed by atoms with E-state index in [1.54, 1.807) is 14.2 Å². The van der Waals surface area contributed by atoms with Gasteiger partial charge in [0.2, 0.25) is 5.91 Å². The van der Waals surface area contributed by atoms with Crippen LogP contribution in [0.2, 0.25) is 0 Å². The Morgan fingerprint density at radius 1 is 1.53 bits per heavy atom. The van der Waals surface area contributed by atoms with Crippen LogP contribution >= 0.6 is 0 Å². The van der Waals surface area contributed by atoms with E-state index < -0.39 is 0 Å². The molecule has 5 heteroatoms. The first-order valence-electron chi connectivity index (χ1n) is 5.28. The molecule has 0 spiro atoms. The van der Waals surface area contributed by atoms with Crippen LogP contribution in [0.15, 0.2) is 0 Å². The molecular weight excluding hydrogens is 196 g/mol. The van der Waals surface area contributed by atoms with Crippen molar-refractivity contribution in [1.82, 2.24) is 10.6 Å². The minimum Gasteiger partial charge on any atom is -0.396 e. The van der Waals surface area contributed by atoms with Crippen LogP contribution in [0.25, 0.3) is 0 Å². The van der Waals surface area contributed by atoms with Gasteiger partial charge in [0.1, 0.15) is 0 Å². The second kappa shape index (κ2) is 9.89. The highest BCUT2D eigenvalue weighted by Crippen LogP contribution is 1.93. The van der Waals surface area contributed by atoms with Gasteiger partial charge in [0.25, 0.3) is 0 Å². The third-order valence-corrected chi connectivity index (χ3v) is 2.14. The van der Waals surface area contributed by atoms with E-state index >= 15 is 0 Å². The van der Waals surface area contributed by atoms with Crippen LogP contribution < -0.4 is 10.6 Å². The Hall–Kier alpha value is -0.650. The number of hydrogen-bond acceptors (Lipinski definition) is 4. The van der Waals surface area contributed by atoms with Crippen LogP contribution in [0, 0.1) is 0 Å². The average Bonchev–Trinajstić information content (AvgIpc) is 2.24. The SMILES string of the molecule is CNC(=O)CCCNC(CCO)COC. The molecule has 3 N–H and O–H groups in total. The van der Waals surface area contributed by atoms with Crippen molar-refractivity contribution in [3.05, 3.63) is 0 Å². The minimum absolute atomic E-state index is 0.0576. The van der Waals surface area contributed by atoms with E-state index in [-0.39, 0.29) is 18.6 Å². The Morgan fingerprint density at radius 3 is 2.80 bits per heavy atom. The van der Waals surface area contributed by atoms with E-state index in [1.165, 1.54) is 0 Å². The summed E-state index contributed by atoms with van der Waals surface area (Å²) in [5.74, 6) is 0.0576. The van der Waals surface area contributed by atoms with Crippen LogP contribution in [0.4, 0.5) is 0 Å². The standard InChI is InChI=1S/C10H22N2O3/c1-11-10(14)4-3-6-12-9(5-7-13)8-15-2/h9,12-13H,3-8H2,1-2H3,(H,11,14). The van der Waals surface area contributed by atoms with Gasteiger partial charge in [-0.05, 0) is 19.4 Å². The number of carbonyl (C=O) groups is 1. The normalized spacial score (nSPS) is 12.5. The largest absolute Gasteiger partial charge is 0.396 e. The number of methoxy groups -OCH3 is 1. The van der Waals surface area contributed by atoms with E-state index in [9.17, 15) is 4.79 Å². The number of hydrogen-bond donors (Lipinski definition) is 3. The highest BCUT2D eigenvalue weighted by molar-refractivity contribution is 5.75. The zero-order chi connectivity index (χ0) is 11.5. The topological polar surface area (TPSA) is 70.6 Å². The van der Waals surface area contributed by atoms with Crippen LogP contribution in [0.5, 0.6) is 0 Å². The molecule has 0 saturated heterocycles. The molecule has 0 aliphatic heterocycles. The molecule has 0 aliphatic carbocycles. The first-order chi connectivity index (χ1) is 7.24. The lowest BCUT2D eigenvalue weighted by molar-refractivity contribution is -0.120. The van der Waals surface area contributed by atoms with Crippen molar-refractivity contribution in [3.63, 3.8) is 0 Å². The average molecular weight is 218 g/mol. The summed E-state index contributed by atoms with van der Waals surface area (Å²) in [7, 11) is 3.27. The van der Waals surface area contributed by atoms with Crippen molar-refractivity contribution in [2.24, 2.45) is 0 Å². The number of nitrogens with one attached hydrogen (secondary N) is 2. The Morgan fingerprint density at radius 2 is 2.27 bits per heavy atom. The molecule has 0 saturated carbocycles. The number of aliphatic hydroxyl groups excluding tert-OH is 1. The van der Waals surface area contributed by atoms with Gasteiger partial charge in [0.15, 0.2) is 0 Å². The van der Waals surface area contributed by atoms with Crippen LogP contribution in [-0.4, -0.2) is 51.0 Å². The molecule has 0 heterocycles. The first-order valence-corrected chi connectivity index (χ1v) is 5.28. The summed E-state index contributed by atoms with van der Waals surface area (Å²) in [6.45, 7) is 1.50. The number of aliphatic hydroxyl groups is 1. The Kier molecular flexibility index (Phi) is 9.46. The van der Waals surface area contributed by atoms with E-state index in [0.29, 0.717) is 19.4 Å². The van der Waals surface area contributed by atoms with Gasteiger partial charge in [-0.2, -0.15) is 0 Å². The fourth-order valence-corrected chi connectivity index (χ4v) is 1.28. The molecular formula is C10H22N2O3. The molecule has 1 unspecified atom stereocenters. The Balaban J connectivity index is 3.48. The van der Waals surface area contributed by atoms with Gasteiger partial charge in [0, 0.05) is 33.2 Å². The maximum atomic E-state index is 10.9. The second-order valence-electron chi connectivity index (χ2n) is 3.40. The fourth-order valence-electron chi connectivity index (χ4n) is 1.28. The van der Waals surface area contributed by atoms with Gasteiger partial charge in [-0.3, -0.25) is 4.79 Å². The monoisotopic (exact) mass is 218 g/mol. The Labute approximate surface area is 91.2 Å². The van der Waals surface area contributed by atoms with Gasteiger partial charge in [-0.15, -0.1) is 0 Å². The summed E-state index contributed by atoms with van der Waals surface area (Å²) < 4.78 is 5.00. The Bertz CT molecular complexity index is 159. The predicted molar refractivity (Wildman–Crippen MR) is 58.7 cm³/mol. The van der Waals surface area contributed by atoms with Crippen LogP contribution in [-0.2, 0) is 9.53 Å². The third kappa shape index (κ3) is 8.35. The van der Waals surface area contributed by atoms with Crippen molar-refractivity contribution in [3.8, 4) is 0 Å². The van der Waals surface area contributed by atoms with Gasteiger partial charge < -0.3 is 20.5 Å². The van der Waals surface area contributed by atoms with E-state index in [0.717, 1.165) is 13.0 Å². The maximum Gasteiger partial charge on any atom is 0.219 e. The van der Waals surface area contributed by atoms with Crippen molar-refractivity contribution >= 4 is 5.91 Å². The van der Waals surface area contributed by atoms with Gasteiger partial charge >= 0.3 is 0 Å². The quantitative estimate of drug-likeness (QED) is 0.456. The summed E-state index contributed by atoms with van der Waals surface area (Å²) in [6, 6.07) is 0.171. The molecule has 5 nitrogen and oxygen atoms in total. The molecule has 0 aromatic rings. The lowest BCUT2D eigenvalue weighted by atomic mass is 10.2. The molecule has 0 fully saturated rings. The van der Waals surface area contributed by atoms with Crippen molar-refractivity contribution in [2.75, 3.05) is 33.9 Å². The molecule has 0 aliphatic rings. The predicted octanol–water partition coefficient (Wildman–Crippen LogP) is -0.500. The molecule has 15 heavy (non-hydrogen) atoms. The van der Waals surface area contributed by atoms with Crippen molar-refractivity contribution in [2.45, 2.75) is 25.3 Å². The lowest BCUT2D eigenvalue weighted by Crippen LogP contribution is -2.35. The minimum atomic E-state index is 0.0576. The third-order valence-electron chi connectivity index (χ3n) is 2.14. The van der Waals surface area contributed by atoms with Crippen LogP contribution in [0.1, 0.15) is 19.3 Å².